The van der Waals surface area contributed by atoms with E-state index in [1.54, 1.807) is 6.26 Å². The van der Waals surface area contributed by atoms with Crippen molar-refractivity contribution in [1.29, 1.82) is 0 Å². The molecule has 0 aliphatic carbocycles. The van der Waals surface area contributed by atoms with Crippen LogP contribution in [0.25, 0.3) is 0 Å². The first-order valence-corrected chi connectivity index (χ1v) is 11.0. The van der Waals surface area contributed by atoms with Gasteiger partial charge in [-0.05, 0) is 25.0 Å². The molecule has 4 rings (SSSR count). The van der Waals surface area contributed by atoms with Gasteiger partial charge in [0.1, 0.15) is 0 Å². The topological polar surface area (TPSA) is 74.8 Å². The fourth-order valence-electron chi connectivity index (χ4n) is 4.43. The Balaban J connectivity index is 1.26. The van der Waals surface area contributed by atoms with Crippen molar-refractivity contribution in [2.75, 3.05) is 52.4 Å². The zero-order valence-corrected chi connectivity index (χ0v) is 17.5. The van der Waals surface area contributed by atoms with Crippen LogP contribution in [0.15, 0.2) is 53.1 Å². The van der Waals surface area contributed by atoms with Crippen LogP contribution >= 0.6 is 0 Å². The molecule has 2 aliphatic rings. The fourth-order valence-corrected chi connectivity index (χ4v) is 4.43. The van der Waals surface area contributed by atoms with Gasteiger partial charge in [-0.3, -0.25) is 9.59 Å². The van der Waals surface area contributed by atoms with E-state index in [2.05, 4.69) is 12.1 Å². The van der Waals surface area contributed by atoms with Crippen molar-refractivity contribution in [3.05, 3.63) is 60.1 Å². The van der Waals surface area contributed by atoms with Crippen LogP contribution in [0.5, 0.6) is 0 Å². The van der Waals surface area contributed by atoms with E-state index in [0.717, 1.165) is 50.3 Å². The lowest BCUT2D eigenvalue weighted by Gasteiger charge is -2.32. The number of likely N-dealkylation sites (tertiary alicyclic amines) is 1. The summed E-state index contributed by atoms with van der Waals surface area (Å²) in [6.45, 7) is 5.86. The minimum absolute atomic E-state index is 0.0323. The van der Waals surface area contributed by atoms with Gasteiger partial charge >= 0.3 is 0 Å². The molecule has 1 aromatic carbocycles. The van der Waals surface area contributed by atoms with E-state index in [4.69, 9.17) is 4.42 Å². The number of nitrogens with one attached hydrogen (secondary N) is 1. The second-order valence-corrected chi connectivity index (χ2v) is 8.24. The minimum atomic E-state index is -0.0323. The Hall–Kier alpha value is -2.64. The van der Waals surface area contributed by atoms with Crippen LogP contribution in [0.2, 0.25) is 0 Å². The molecule has 0 unspecified atom stereocenters. The monoisotopic (exact) mass is 412 g/mol. The number of carbonyl (C=O) groups excluding carboxylic acids is 2. The smallest absolute Gasteiger partial charge is 0.278 e. The summed E-state index contributed by atoms with van der Waals surface area (Å²) in [5.41, 5.74) is 1.12. The standard InChI is InChI=1S/C23H30N4O3/c28-21(17-24-23(20-9-6-16-30-20)19-7-2-1-3-8-19)27-14-12-25(13-15-27)18-22(29)26-10-4-5-11-26/h1-3,6-9,16,23-24H,4-5,10-15,17-18H2/p+2/t23-/m1/s1. The van der Waals surface area contributed by atoms with Crippen molar-refractivity contribution in [3.63, 3.8) is 0 Å². The highest BCUT2D eigenvalue weighted by molar-refractivity contribution is 5.78. The molecule has 2 saturated heterocycles. The third-order valence-electron chi connectivity index (χ3n) is 6.22. The Morgan fingerprint density at radius 2 is 1.63 bits per heavy atom. The SMILES string of the molecule is O=C(C[NH2+][C@H](c1ccccc1)c1ccco1)N1CC[NH+](CC(=O)N2CCCC2)CC1. The quantitative estimate of drug-likeness (QED) is 0.631. The summed E-state index contributed by atoms with van der Waals surface area (Å²) in [6, 6.07) is 13.9. The first kappa shape index (κ1) is 20.6. The van der Waals surface area contributed by atoms with Gasteiger partial charge in [0, 0.05) is 18.7 Å². The number of nitrogens with two attached hydrogens (primary N) is 1. The molecule has 2 aromatic rings. The van der Waals surface area contributed by atoms with Gasteiger partial charge in [0.2, 0.25) is 0 Å². The fraction of sp³-hybridized carbons (Fsp3) is 0.478. The molecule has 0 saturated carbocycles. The van der Waals surface area contributed by atoms with Gasteiger partial charge in [-0.1, -0.05) is 30.3 Å². The summed E-state index contributed by atoms with van der Waals surface area (Å²) in [7, 11) is 0. The number of nitrogens with zero attached hydrogens (tertiary/aromatic N) is 2. The zero-order valence-electron chi connectivity index (χ0n) is 17.5. The summed E-state index contributed by atoms with van der Waals surface area (Å²) in [4.78, 5) is 30.4. The largest absolute Gasteiger partial charge is 0.463 e. The molecule has 1 atom stereocenters. The molecule has 7 heteroatoms. The number of piperazine rings is 1. The number of hydrogen-bond donors (Lipinski definition) is 2. The van der Waals surface area contributed by atoms with E-state index in [1.165, 1.54) is 4.90 Å². The lowest BCUT2D eigenvalue weighted by molar-refractivity contribution is -0.896. The van der Waals surface area contributed by atoms with Gasteiger partial charge in [0.25, 0.3) is 11.8 Å². The second-order valence-electron chi connectivity index (χ2n) is 8.24. The molecule has 2 aliphatic heterocycles. The normalized spacial score (nSPS) is 18.5. The van der Waals surface area contributed by atoms with Crippen molar-refractivity contribution in [2.24, 2.45) is 0 Å². The average Bonchev–Trinajstić information content (AvgIpc) is 3.50. The van der Waals surface area contributed by atoms with E-state index >= 15 is 0 Å². The predicted molar refractivity (Wildman–Crippen MR) is 112 cm³/mol. The lowest BCUT2D eigenvalue weighted by atomic mass is 10.0. The van der Waals surface area contributed by atoms with Gasteiger partial charge in [0.15, 0.2) is 24.9 Å². The molecule has 3 N–H and O–H groups in total. The summed E-state index contributed by atoms with van der Waals surface area (Å²) >= 11 is 0. The summed E-state index contributed by atoms with van der Waals surface area (Å²) in [5, 5.41) is 2.05. The van der Waals surface area contributed by atoms with Gasteiger partial charge in [-0.2, -0.15) is 0 Å². The third-order valence-corrected chi connectivity index (χ3v) is 6.22. The number of rotatable bonds is 7. The van der Waals surface area contributed by atoms with Crippen LogP contribution in [-0.4, -0.2) is 74.0 Å². The molecule has 1 aromatic heterocycles. The summed E-state index contributed by atoms with van der Waals surface area (Å²) < 4.78 is 5.63. The highest BCUT2D eigenvalue weighted by atomic mass is 16.3. The molecular weight excluding hydrogens is 380 g/mol. The highest BCUT2D eigenvalue weighted by Gasteiger charge is 2.29. The van der Waals surface area contributed by atoms with Crippen molar-refractivity contribution >= 4 is 11.8 Å². The first-order valence-electron chi connectivity index (χ1n) is 11.0. The van der Waals surface area contributed by atoms with E-state index in [0.29, 0.717) is 26.2 Å². The Kier molecular flexibility index (Phi) is 6.81. The molecule has 0 radical (unpaired) electrons. The molecule has 7 nitrogen and oxygen atoms in total. The Labute approximate surface area is 177 Å². The maximum absolute atomic E-state index is 12.8. The van der Waals surface area contributed by atoms with Crippen LogP contribution < -0.4 is 10.2 Å². The Morgan fingerprint density at radius 3 is 2.30 bits per heavy atom. The van der Waals surface area contributed by atoms with Crippen LogP contribution in [0.3, 0.4) is 0 Å². The number of amides is 2. The second kappa shape index (κ2) is 9.91. The van der Waals surface area contributed by atoms with Crippen molar-refractivity contribution < 1.29 is 24.2 Å². The zero-order chi connectivity index (χ0) is 20.8. The summed E-state index contributed by atoms with van der Waals surface area (Å²) in [5.74, 6) is 1.26. The van der Waals surface area contributed by atoms with Crippen molar-refractivity contribution in [1.82, 2.24) is 9.80 Å². The highest BCUT2D eigenvalue weighted by Crippen LogP contribution is 2.18. The molecule has 0 bridgehead atoms. The van der Waals surface area contributed by atoms with Crippen molar-refractivity contribution in [2.45, 2.75) is 18.9 Å². The molecular formula is C23H32N4O3+2. The van der Waals surface area contributed by atoms with E-state index < -0.39 is 0 Å². The maximum atomic E-state index is 12.8. The molecule has 0 spiro atoms. The van der Waals surface area contributed by atoms with Crippen LogP contribution in [0.4, 0.5) is 0 Å². The van der Waals surface area contributed by atoms with E-state index in [-0.39, 0.29) is 17.9 Å². The van der Waals surface area contributed by atoms with Crippen LogP contribution in [0, 0.1) is 0 Å². The third kappa shape index (κ3) is 5.09. The number of hydrogen-bond acceptors (Lipinski definition) is 3. The van der Waals surface area contributed by atoms with E-state index in [9.17, 15) is 9.59 Å². The first-order chi connectivity index (χ1) is 14.7. The molecule has 30 heavy (non-hydrogen) atoms. The van der Waals surface area contributed by atoms with E-state index in [1.807, 2.05) is 45.4 Å². The number of furan rings is 1. The molecule has 160 valence electrons. The number of quaternary nitrogens is 2. The van der Waals surface area contributed by atoms with Gasteiger partial charge in [-0.15, -0.1) is 0 Å². The molecule has 3 heterocycles. The summed E-state index contributed by atoms with van der Waals surface area (Å²) in [6.07, 6.45) is 3.93. The van der Waals surface area contributed by atoms with Gasteiger partial charge in [-0.25, -0.2) is 0 Å². The van der Waals surface area contributed by atoms with Crippen LogP contribution in [0.1, 0.15) is 30.2 Å². The maximum Gasteiger partial charge on any atom is 0.278 e. The predicted octanol–water partition coefficient (Wildman–Crippen LogP) is -0.718. The van der Waals surface area contributed by atoms with Crippen molar-refractivity contribution in [3.8, 4) is 0 Å². The number of benzene rings is 1. The molecule has 2 fully saturated rings. The van der Waals surface area contributed by atoms with Crippen LogP contribution in [-0.2, 0) is 9.59 Å². The van der Waals surface area contributed by atoms with Gasteiger partial charge in [0.05, 0.1) is 32.4 Å². The number of carbonyl (C=O) groups is 2. The molecule has 2 amide bonds. The average molecular weight is 413 g/mol. The van der Waals surface area contributed by atoms with Gasteiger partial charge < -0.3 is 24.4 Å². The Morgan fingerprint density at radius 1 is 0.933 bits per heavy atom. The lowest BCUT2D eigenvalue weighted by Crippen LogP contribution is -3.16. The Bertz CT molecular complexity index is 810. The minimum Gasteiger partial charge on any atom is -0.463 e.